The zero-order chi connectivity index (χ0) is 26.8. The number of primary amides is 1. The number of ether oxygens (including phenoxy) is 1. The van der Waals surface area contributed by atoms with Crippen LogP contribution in [0.2, 0.25) is 0 Å². The molecule has 0 fully saturated rings. The number of amides is 2. The second-order valence-corrected chi connectivity index (χ2v) is 9.58. The summed E-state index contributed by atoms with van der Waals surface area (Å²) in [5.41, 5.74) is 9.35. The van der Waals surface area contributed by atoms with E-state index in [1.54, 1.807) is 25.9 Å². The van der Waals surface area contributed by atoms with Gasteiger partial charge in [-0.1, -0.05) is 36.4 Å². The summed E-state index contributed by atoms with van der Waals surface area (Å²) >= 11 is 0. The van der Waals surface area contributed by atoms with E-state index in [2.05, 4.69) is 26.9 Å². The second kappa shape index (κ2) is 10.6. The monoisotopic (exact) mass is 513 g/mol. The minimum Gasteiger partial charge on any atom is -0.496 e. The van der Waals surface area contributed by atoms with Crippen LogP contribution in [0.1, 0.15) is 24.0 Å². The van der Waals surface area contributed by atoms with Crippen molar-refractivity contribution in [3.8, 4) is 17.1 Å². The summed E-state index contributed by atoms with van der Waals surface area (Å²) in [6.45, 7) is 0.318. The van der Waals surface area contributed by atoms with Crippen LogP contribution in [0, 0.1) is 5.92 Å². The lowest BCUT2D eigenvalue weighted by Gasteiger charge is -2.28. The van der Waals surface area contributed by atoms with Gasteiger partial charge in [0.15, 0.2) is 5.82 Å². The highest BCUT2D eigenvalue weighted by Gasteiger charge is 2.33. The van der Waals surface area contributed by atoms with Gasteiger partial charge in [-0.05, 0) is 71.3 Å². The number of methoxy groups -OCH3 is 1. The molecule has 1 aliphatic heterocycles. The summed E-state index contributed by atoms with van der Waals surface area (Å²) in [7, 11) is 5.12. The maximum absolute atomic E-state index is 14.0. The number of aryl methyl sites for hydroxylation is 2. The first-order valence-electron chi connectivity index (χ1n) is 12.6. The largest absolute Gasteiger partial charge is 0.496 e. The lowest BCUT2D eigenvalue weighted by atomic mass is 9.93. The first-order chi connectivity index (χ1) is 18.4. The Kier molecular flexibility index (Phi) is 7.06. The van der Waals surface area contributed by atoms with Crippen molar-refractivity contribution >= 4 is 28.3 Å². The third-order valence-corrected chi connectivity index (χ3v) is 7.37. The first kappa shape index (κ1) is 25.3. The van der Waals surface area contributed by atoms with E-state index in [0.717, 1.165) is 39.6 Å². The van der Waals surface area contributed by atoms with Crippen molar-refractivity contribution in [3.05, 3.63) is 65.7 Å². The van der Waals surface area contributed by atoms with E-state index < -0.39 is 11.9 Å². The van der Waals surface area contributed by atoms with Gasteiger partial charge in [0.25, 0.3) is 0 Å². The van der Waals surface area contributed by atoms with Gasteiger partial charge in [-0.25, -0.2) is 4.68 Å². The number of rotatable bonds is 8. The summed E-state index contributed by atoms with van der Waals surface area (Å²) < 4.78 is 7.39. The van der Waals surface area contributed by atoms with Crippen molar-refractivity contribution in [2.45, 2.75) is 31.8 Å². The van der Waals surface area contributed by atoms with E-state index in [9.17, 15) is 9.59 Å². The smallest absolute Gasteiger partial charge is 0.234 e. The Bertz CT molecular complexity index is 1500. The molecule has 0 unspecified atom stereocenters. The molecule has 10 heteroatoms. The molecule has 0 saturated carbocycles. The van der Waals surface area contributed by atoms with Crippen LogP contribution < -0.4 is 20.7 Å². The lowest BCUT2D eigenvalue weighted by Crippen LogP contribution is -2.44. The molecule has 196 valence electrons. The van der Waals surface area contributed by atoms with Crippen LogP contribution in [0.4, 0.5) is 5.69 Å². The summed E-state index contributed by atoms with van der Waals surface area (Å²) in [4.78, 5) is 27.8. The molecule has 2 amide bonds. The number of tetrazole rings is 1. The Balaban J connectivity index is 1.58. The fourth-order valence-corrected chi connectivity index (χ4v) is 5.32. The number of carbonyl (C=O) groups excluding carboxylic acids is 2. The van der Waals surface area contributed by atoms with Gasteiger partial charge in [0.2, 0.25) is 11.8 Å². The van der Waals surface area contributed by atoms with Gasteiger partial charge in [0.1, 0.15) is 5.75 Å². The molecule has 10 nitrogen and oxygen atoms in total. The maximum Gasteiger partial charge on any atom is 0.234 e. The molecule has 2 heterocycles. The number of hydrogen-bond acceptors (Lipinski definition) is 7. The number of carbonyl (C=O) groups is 2. The Labute approximate surface area is 220 Å². The van der Waals surface area contributed by atoms with E-state index in [1.807, 2.05) is 53.4 Å². The van der Waals surface area contributed by atoms with Crippen molar-refractivity contribution in [2.75, 3.05) is 19.1 Å². The number of likely N-dealkylation sites (N-methyl/N-ethyl adjacent to an activating group) is 1. The molecule has 5 rings (SSSR count). The third-order valence-electron chi connectivity index (χ3n) is 7.37. The van der Waals surface area contributed by atoms with E-state index in [4.69, 9.17) is 10.5 Å². The fraction of sp³-hybridized carbons (Fsp3) is 0.321. The van der Waals surface area contributed by atoms with E-state index >= 15 is 0 Å². The van der Waals surface area contributed by atoms with Gasteiger partial charge >= 0.3 is 0 Å². The van der Waals surface area contributed by atoms with Crippen LogP contribution in [0.5, 0.6) is 5.75 Å². The van der Waals surface area contributed by atoms with Crippen LogP contribution in [0.25, 0.3) is 22.2 Å². The highest BCUT2D eigenvalue weighted by Crippen LogP contribution is 2.37. The van der Waals surface area contributed by atoms with E-state index in [-0.39, 0.29) is 11.8 Å². The zero-order valence-corrected chi connectivity index (χ0v) is 21.7. The molecule has 2 atom stereocenters. The van der Waals surface area contributed by atoms with Gasteiger partial charge in [0.05, 0.1) is 19.7 Å². The van der Waals surface area contributed by atoms with E-state index in [0.29, 0.717) is 31.0 Å². The molecular formula is C28H31N7O3. The predicted molar refractivity (Wildman–Crippen MR) is 144 cm³/mol. The molecule has 4 aromatic rings. The fourth-order valence-electron chi connectivity index (χ4n) is 5.32. The Morgan fingerprint density at radius 2 is 2.03 bits per heavy atom. The Morgan fingerprint density at radius 3 is 2.74 bits per heavy atom. The van der Waals surface area contributed by atoms with Crippen LogP contribution in [-0.2, 0) is 29.6 Å². The molecule has 3 N–H and O–H groups in total. The summed E-state index contributed by atoms with van der Waals surface area (Å²) in [5, 5.41) is 16.7. The standard InChI is InChI=1S/C28H31N7O3/c1-30-23(26(29)36)15-20-9-8-17-6-4-5-7-24(17)35(28(20)37)16-22-21-12-10-19(27-31-32-33-34(27)2)14-18(21)11-13-25(22)38-3/h4-7,10-14,20,23,30H,8-9,15-16H2,1-3H3,(H2,29,36)/t20-,23-/m0/s1. The molecule has 0 aliphatic carbocycles. The normalized spacial score (nSPS) is 16.2. The molecule has 1 aliphatic rings. The highest BCUT2D eigenvalue weighted by molar-refractivity contribution is 5.98. The van der Waals surface area contributed by atoms with Crippen LogP contribution in [0.3, 0.4) is 0 Å². The number of aromatic nitrogens is 4. The summed E-state index contributed by atoms with van der Waals surface area (Å²) in [6.07, 6.45) is 1.72. The number of anilines is 1. The third kappa shape index (κ3) is 4.70. The number of para-hydroxylation sites is 1. The molecule has 0 radical (unpaired) electrons. The Hall–Kier alpha value is -4.31. The van der Waals surface area contributed by atoms with Gasteiger partial charge in [-0.2, -0.15) is 0 Å². The lowest BCUT2D eigenvalue weighted by molar-refractivity contribution is -0.124. The van der Waals surface area contributed by atoms with Crippen LogP contribution >= 0.6 is 0 Å². The van der Waals surface area contributed by atoms with Crippen LogP contribution in [-0.4, -0.2) is 52.2 Å². The van der Waals surface area contributed by atoms with Crippen molar-refractivity contribution in [3.63, 3.8) is 0 Å². The summed E-state index contributed by atoms with van der Waals surface area (Å²) in [6, 6.07) is 17.4. The van der Waals surface area contributed by atoms with Gasteiger partial charge in [-0.15, -0.1) is 5.10 Å². The van der Waals surface area contributed by atoms with Gasteiger partial charge in [0, 0.05) is 29.8 Å². The number of fused-ring (bicyclic) bond motifs is 2. The van der Waals surface area contributed by atoms with Crippen molar-refractivity contribution in [1.29, 1.82) is 0 Å². The minimum absolute atomic E-state index is 0.0303. The molecule has 0 spiro atoms. The SMILES string of the molecule is CN[C@@H](C[C@@H]1CCc2ccccc2N(Cc2c(OC)ccc3cc(-c4nnnn4C)ccc23)C1=O)C(N)=O. The van der Waals surface area contributed by atoms with Gasteiger partial charge < -0.3 is 20.7 Å². The quantitative estimate of drug-likeness (QED) is 0.371. The molecule has 3 aromatic carbocycles. The van der Waals surface area contributed by atoms with Crippen LogP contribution in [0.15, 0.2) is 54.6 Å². The number of benzene rings is 3. The second-order valence-electron chi connectivity index (χ2n) is 9.58. The average Bonchev–Trinajstić information content (AvgIpc) is 3.31. The molecular weight excluding hydrogens is 482 g/mol. The minimum atomic E-state index is -0.576. The highest BCUT2D eigenvalue weighted by atomic mass is 16.5. The average molecular weight is 514 g/mol. The molecule has 0 saturated heterocycles. The zero-order valence-electron chi connectivity index (χ0n) is 21.7. The number of hydrogen-bond donors (Lipinski definition) is 2. The number of nitrogens with two attached hydrogens (primary N) is 1. The van der Waals surface area contributed by atoms with Crippen molar-refractivity contribution < 1.29 is 14.3 Å². The topological polar surface area (TPSA) is 128 Å². The van der Waals surface area contributed by atoms with E-state index in [1.165, 1.54) is 0 Å². The molecule has 38 heavy (non-hydrogen) atoms. The predicted octanol–water partition coefficient (Wildman–Crippen LogP) is 2.60. The Morgan fingerprint density at radius 1 is 1.21 bits per heavy atom. The van der Waals surface area contributed by atoms with Crippen molar-refractivity contribution in [1.82, 2.24) is 25.5 Å². The summed E-state index contributed by atoms with van der Waals surface area (Å²) in [5.74, 6) is 0.512. The van der Waals surface area contributed by atoms with Crippen molar-refractivity contribution in [2.24, 2.45) is 18.7 Å². The molecule has 1 aromatic heterocycles. The number of nitrogens with one attached hydrogen (secondary N) is 1. The van der Waals surface area contributed by atoms with Gasteiger partial charge in [-0.3, -0.25) is 9.59 Å². The first-order valence-corrected chi connectivity index (χ1v) is 12.6. The number of nitrogens with zero attached hydrogens (tertiary/aromatic N) is 5. The molecule has 0 bridgehead atoms. The maximum atomic E-state index is 14.0.